The van der Waals surface area contributed by atoms with E-state index in [9.17, 15) is 0 Å². The lowest BCUT2D eigenvalue weighted by Crippen LogP contribution is -2.15. The molecule has 8 heavy (non-hydrogen) atoms. The van der Waals surface area contributed by atoms with Crippen LogP contribution in [0.4, 0.5) is 0 Å². The molecule has 1 nitrogen and oxygen atoms in total. The molecule has 1 heteroatoms. The molecule has 0 bridgehead atoms. The van der Waals surface area contributed by atoms with E-state index in [1.807, 2.05) is 6.08 Å². The summed E-state index contributed by atoms with van der Waals surface area (Å²) in [6, 6.07) is 0.799. The van der Waals surface area contributed by atoms with Crippen LogP contribution in [0.2, 0.25) is 0 Å². The Balaban J connectivity index is 2.26. The molecule has 1 aliphatic carbocycles. The SMILES string of the molecule is C=CC1CC1N(C)C. The third-order valence-electron chi connectivity index (χ3n) is 1.77. The molecule has 2 unspecified atom stereocenters. The molecule has 0 N–H and O–H groups in total. The Hall–Kier alpha value is -0.300. The molecule has 0 aromatic carbocycles. The quantitative estimate of drug-likeness (QED) is 0.483. The summed E-state index contributed by atoms with van der Waals surface area (Å²) in [4.78, 5) is 2.26. The van der Waals surface area contributed by atoms with Crippen LogP contribution in [0.15, 0.2) is 12.7 Å². The minimum atomic E-state index is 0.782. The van der Waals surface area contributed by atoms with Crippen molar-refractivity contribution in [2.45, 2.75) is 12.5 Å². The van der Waals surface area contributed by atoms with Gasteiger partial charge in [0.05, 0.1) is 0 Å². The molecular weight excluding hydrogens is 98.1 g/mol. The number of hydrogen-bond acceptors (Lipinski definition) is 1. The third-order valence-corrected chi connectivity index (χ3v) is 1.77. The summed E-state index contributed by atoms with van der Waals surface area (Å²) < 4.78 is 0. The van der Waals surface area contributed by atoms with E-state index in [-0.39, 0.29) is 0 Å². The highest BCUT2D eigenvalue weighted by Gasteiger charge is 2.35. The molecule has 0 spiro atoms. The number of rotatable bonds is 2. The van der Waals surface area contributed by atoms with Crippen LogP contribution in [0.25, 0.3) is 0 Å². The van der Waals surface area contributed by atoms with E-state index in [2.05, 4.69) is 25.6 Å². The van der Waals surface area contributed by atoms with E-state index in [0.717, 1.165) is 12.0 Å². The van der Waals surface area contributed by atoms with Gasteiger partial charge < -0.3 is 4.90 Å². The highest BCUT2D eigenvalue weighted by molar-refractivity contribution is 5.02. The lowest BCUT2D eigenvalue weighted by atomic mass is 10.4. The molecule has 2 atom stereocenters. The standard InChI is InChI=1S/C7H13N/c1-4-6-5-7(6)8(2)3/h4,6-7H,1,5H2,2-3H3. The van der Waals surface area contributed by atoms with E-state index in [0.29, 0.717) is 0 Å². The van der Waals surface area contributed by atoms with Gasteiger partial charge in [-0.2, -0.15) is 0 Å². The van der Waals surface area contributed by atoms with Crippen molar-refractivity contribution in [3.05, 3.63) is 12.7 Å². The average Bonchev–Trinajstić information content (AvgIpc) is 2.42. The maximum atomic E-state index is 3.73. The fourth-order valence-corrected chi connectivity index (χ4v) is 1.05. The van der Waals surface area contributed by atoms with Crippen molar-refractivity contribution in [1.29, 1.82) is 0 Å². The van der Waals surface area contributed by atoms with Gasteiger partial charge in [0.15, 0.2) is 0 Å². The lowest BCUT2D eigenvalue weighted by molar-refractivity contribution is 0.387. The van der Waals surface area contributed by atoms with Gasteiger partial charge in [-0.25, -0.2) is 0 Å². The van der Waals surface area contributed by atoms with Gasteiger partial charge in [-0.15, -0.1) is 6.58 Å². The topological polar surface area (TPSA) is 3.24 Å². The average molecular weight is 111 g/mol. The molecule has 0 radical (unpaired) electrons. The van der Waals surface area contributed by atoms with Crippen molar-refractivity contribution >= 4 is 0 Å². The zero-order valence-corrected chi connectivity index (χ0v) is 5.59. The Labute approximate surface area is 51.0 Å². The molecule has 1 saturated carbocycles. The van der Waals surface area contributed by atoms with Crippen LogP contribution in [0.1, 0.15) is 6.42 Å². The summed E-state index contributed by atoms with van der Waals surface area (Å²) >= 11 is 0. The van der Waals surface area contributed by atoms with Gasteiger partial charge in [0.25, 0.3) is 0 Å². The van der Waals surface area contributed by atoms with Crippen molar-refractivity contribution in [2.24, 2.45) is 5.92 Å². The van der Waals surface area contributed by atoms with Gasteiger partial charge >= 0.3 is 0 Å². The first-order valence-corrected chi connectivity index (χ1v) is 3.04. The Kier molecular flexibility index (Phi) is 1.39. The summed E-state index contributed by atoms with van der Waals surface area (Å²) in [5.74, 6) is 0.782. The first-order valence-electron chi connectivity index (χ1n) is 3.04. The molecule has 0 heterocycles. The number of hydrogen-bond donors (Lipinski definition) is 0. The maximum Gasteiger partial charge on any atom is 0.0159 e. The van der Waals surface area contributed by atoms with Crippen LogP contribution in [-0.4, -0.2) is 25.0 Å². The summed E-state index contributed by atoms with van der Waals surface area (Å²) in [6.45, 7) is 3.73. The fourth-order valence-electron chi connectivity index (χ4n) is 1.05. The maximum absolute atomic E-state index is 3.73. The Morgan fingerprint density at radius 2 is 2.25 bits per heavy atom. The minimum absolute atomic E-state index is 0.782. The lowest BCUT2D eigenvalue weighted by Gasteiger charge is -2.05. The Morgan fingerprint density at radius 3 is 2.38 bits per heavy atom. The summed E-state index contributed by atoms with van der Waals surface area (Å²) in [6.07, 6.45) is 3.36. The van der Waals surface area contributed by atoms with Crippen LogP contribution in [0.3, 0.4) is 0 Å². The first kappa shape index (κ1) is 5.83. The second-order valence-electron chi connectivity index (χ2n) is 2.67. The van der Waals surface area contributed by atoms with Crippen molar-refractivity contribution < 1.29 is 0 Å². The molecule has 0 aromatic heterocycles. The molecule has 0 aromatic rings. The van der Waals surface area contributed by atoms with Crippen LogP contribution >= 0.6 is 0 Å². The normalized spacial score (nSPS) is 35.4. The van der Waals surface area contributed by atoms with Crippen LogP contribution in [0.5, 0.6) is 0 Å². The van der Waals surface area contributed by atoms with Gasteiger partial charge in [0.1, 0.15) is 0 Å². The second kappa shape index (κ2) is 1.90. The van der Waals surface area contributed by atoms with E-state index in [1.165, 1.54) is 6.42 Å². The smallest absolute Gasteiger partial charge is 0.0159 e. The Bertz CT molecular complexity index is 96.6. The van der Waals surface area contributed by atoms with Crippen molar-refractivity contribution in [2.75, 3.05) is 14.1 Å². The Morgan fingerprint density at radius 1 is 1.62 bits per heavy atom. The first-order chi connectivity index (χ1) is 3.75. The molecule has 0 saturated heterocycles. The zero-order chi connectivity index (χ0) is 6.15. The van der Waals surface area contributed by atoms with Gasteiger partial charge in [0.2, 0.25) is 0 Å². The van der Waals surface area contributed by atoms with E-state index in [1.54, 1.807) is 0 Å². The van der Waals surface area contributed by atoms with Crippen molar-refractivity contribution in [3.8, 4) is 0 Å². The highest BCUT2D eigenvalue weighted by atomic mass is 15.1. The van der Waals surface area contributed by atoms with Gasteiger partial charge in [0, 0.05) is 6.04 Å². The zero-order valence-electron chi connectivity index (χ0n) is 5.59. The van der Waals surface area contributed by atoms with Crippen molar-refractivity contribution in [1.82, 2.24) is 4.90 Å². The monoisotopic (exact) mass is 111 g/mol. The van der Waals surface area contributed by atoms with Gasteiger partial charge in [-0.3, -0.25) is 0 Å². The summed E-state index contributed by atoms with van der Waals surface area (Å²) in [5, 5.41) is 0. The highest BCUT2D eigenvalue weighted by Crippen LogP contribution is 2.34. The molecule has 1 aliphatic rings. The van der Waals surface area contributed by atoms with E-state index < -0.39 is 0 Å². The molecule has 0 amide bonds. The predicted molar refractivity (Wildman–Crippen MR) is 35.8 cm³/mol. The van der Waals surface area contributed by atoms with Crippen molar-refractivity contribution in [3.63, 3.8) is 0 Å². The molecule has 0 aliphatic heterocycles. The third kappa shape index (κ3) is 0.920. The molecule has 46 valence electrons. The number of nitrogens with zero attached hydrogens (tertiary/aromatic N) is 1. The summed E-state index contributed by atoms with van der Waals surface area (Å²) in [7, 11) is 4.24. The van der Waals surface area contributed by atoms with Crippen LogP contribution < -0.4 is 0 Å². The molecule has 1 fully saturated rings. The molecule has 1 rings (SSSR count). The van der Waals surface area contributed by atoms with E-state index >= 15 is 0 Å². The largest absolute Gasteiger partial charge is 0.306 e. The van der Waals surface area contributed by atoms with Crippen LogP contribution in [0, 0.1) is 5.92 Å². The fraction of sp³-hybridized carbons (Fsp3) is 0.714. The second-order valence-corrected chi connectivity index (χ2v) is 2.67. The summed E-state index contributed by atoms with van der Waals surface area (Å²) in [5.41, 5.74) is 0. The van der Waals surface area contributed by atoms with E-state index in [4.69, 9.17) is 0 Å². The van der Waals surface area contributed by atoms with Gasteiger partial charge in [-0.05, 0) is 26.4 Å². The predicted octanol–water partition coefficient (Wildman–Crippen LogP) is 1.12. The molecular formula is C7H13N. The van der Waals surface area contributed by atoms with Crippen LogP contribution in [-0.2, 0) is 0 Å². The van der Waals surface area contributed by atoms with Gasteiger partial charge in [-0.1, -0.05) is 6.08 Å². The minimum Gasteiger partial charge on any atom is -0.306 e.